The number of hydrogen-bond donors (Lipinski definition) is 0. The summed E-state index contributed by atoms with van der Waals surface area (Å²) in [6, 6.07) is 4.77. The topological polar surface area (TPSA) is 83.0 Å². The highest BCUT2D eigenvalue weighted by Crippen LogP contribution is 2.36. The van der Waals surface area contributed by atoms with Crippen LogP contribution < -0.4 is 5.69 Å². The Morgan fingerprint density at radius 1 is 1.00 bits per heavy atom. The molecule has 0 N–H and O–H groups in total. The quantitative estimate of drug-likeness (QED) is 0.339. The van der Waals surface area contributed by atoms with Crippen LogP contribution in [0, 0.1) is 17.0 Å². The molecule has 13 heteroatoms. The van der Waals surface area contributed by atoms with Crippen molar-refractivity contribution in [3.63, 3.8) is 0 Å². The van der Waals surface area contributed by atoms with Gasteiger partial charge in [-0.3, -0.25) is 14.7 Å². The molecule has 0 aliphatic heterocycles. The van der Waals surface area contributed by atoms with Crippen LogP contribution in [0.5, 0.6) is 0 Å². The van der Waals surface area contributed by atoms with Crippen LogP contribution in [0.15, 0.2) is 47.5 Å². The third-order valence-corrected chi connectivity index (χ3v) is 4.36. The molecule has 1 heterocycles. The molecule has 0 bridgehead atoms. The summed E-state index contributed by atoms with van der Waals surface area (Å²) < 4.78 is 79.6. The highest BCUT2D eigenvalue weighted by molar-refractivity contribution is 5.43. The van der Waals surface area contributed by atoms with Crippen LogP contribution in [-0.2, 0) is 18.9 Å². The molecule has 0 amide bonds. The van der Waals surface area contributed by atoms with E-state index < -0.39 is 39.8 Å². The lowest BCUT2D eigenvalue weighted by molar-refractivity contribution is -0.385. The molecule has 7 nitrogen and oxygen atoms in total. The summed E-state index contributed by atoms with van der Waals surface area (Å²) in [7, 11) is 0. The van der Waals surface area contributed by atoms with Gasteiger partial charge in [0.15, 0.2) is 0 Å². The first kappa shape index (κ1) is 22.1. The summed E-state index contributed by atoms with van der Waals surface area (Å²) in [5.41, 5.74) is -4.22. The van der Waals surface area contributed by atoms with Gasteiger partial charge in [0.1, 0.15) is 6.33 Å². The van der Waals surface area contributed by atoms with Gasteiger partial charge in [0.2, 0.25) is 0 Å². The second-order valence-electron chi connectivity index (χ2n) is 6.60. The smallest absolute Gasteiger partial charge is 0.277 e. The van der Waals surface area contributed by atoms with Gasteiger partial charge in [-0.25, -0.2) is 4.79 Å². The molecule has 0 radical (unpaired) electrons. The zero-order chi connectivity index (χ0) is 23.1. The minimum atomic E-state index is -5.07. The van der Waals surface area contributed by atoms with E-state index in [4.69, 9.17) is 0 Å². The van der Waals surface area contributed by atoms with Crippen LogP contribution >= 0.6 is 0 Å². The second kappa shape index (κ2) is 7.56. The number of nitrogens with zero attached hydrogens (tertiary/aromatic N) is 4. The molecule has 0 spiro atoms. The van der Waals surface area contributed by atoms with Crippen molar-refractivity contribution in [1.82, 2.24) is 14.3 Å². The number of halogens is 6. The Morgan fingerprint density at radius 2 is 1.58 bits per heavy atom. The summed E-state index contributed by atoms with van der Waals surface area (Å²) in [6.45, 7) is 1.33. The van der Waals surface area contributed by atoms with Crippen LogP contribution in [0.1, 0.15) is 22.3 Å². The van der Waals surface area contributed by atoms with Crippen molar-refractivity contribution in [1.29, 1.82) is 0 Å². The van der Waals surface area contributed by atoms with Gasteiger partial charge < -0.3 is 0 Å². The van der Waals surface area contributed by atoms with E-state index in [-0.39, 0.29) is 18.3 Å². The van der Waals surface area contributed by atoms with Gasteiger partial charge in [-0.1, -0.05) is 6.07 Å². The molecule has 0 fully saturated rings. The fourth-order valence-electron chi connectivity index (χ4n) is 2.90. The maximum absolute atomic E-state index is 13.0. The fraction of sp³-hybridized carbons (Fsp3) is 0.222. The van der Waals surface area contributed by atoms with E-state index in [2.05, 4.69) is 5.10 Å². The van der Waals surface area contributed by atoms with Crippen LogP contribution in [0.2, 0.25) is 0 Å². The van der Waals surface area contributed by atoms with E-state index in [1.165, 1.54) is 25.1 Å². The number of alkyl halides is 6. The van der Waals surface area contributed by atoms with Gasteiger partial charge in [-0.05, 0) is 36.8 Å². The summed E-state index contributed by atoms with van der Waals surface area (Å²) in [4.78, 5) is 22.8. The van der Waals surface area contributed by atoms with Gasteiger partial charge >= 0.3 is 18.0 Å². The molecule has 0 aliphatic rings. The first-order valence-electron chi connectivity index (χ1n) is 8.45. The molecule has 0 aliphatic carbocycles. The minimum absolute atomic E-state index is 0.0504. The molecule has 0 atom stereocenters. The van der Waals surface area contributed by atoms with Crippen LogP contribution in [0.4, 0.5) is 32.0 Å². The molecule has 164 valence electrons. The average Bonchev–Trinajstić information content (AvgIpc) is 3.00. The van der Waals surface area contributed by atoms with Crippen molar-refractivity contribution >= 4 is 5.69 Å². The van der Waals surface area contributed by atoms with E-state index >= 15 is 0 Å². The molecular weight excluding hydrogens is 434 g/mol. The summed E-state index contributed by atoms with van der Waals surface area (Å²) in [5, 5.41) is 14.5. The van der Waals surface area contributed by atoms with E-state index in [0.29, 0.717) is 27.9 Å². The number of benzene rings is 2. The molecule has 1 aromatic heterocycles. The van der Waals surface area contributed by atoms with E-state index in [9.17, 15) is 41.3 Å². The van der Waals surface area contributed by atoms with Gasteiger partial charge in [0.25, 0.3) is 5.69 Å². The Labute approximate surface area is 169 Å². The number of aromatic nitrogens is 3. The Bertz CT molecular complexity index is 1180. The molecule has 2 aromatic carbocycles. The average molecular weight is 446 g/mol. The van der Waals surface area contributed by atoms with Crippen molar-refractivity contribution in [3.8, 4) is 5.69 Å². The number of hydrogen-bond acceptors (Lipinski definition) is 4. The number of nitro benzene ring substituents is 1. The standard InChI is InChI=1S/C18H12F6N4O3/c1-10-4-11(2-3-15(10)28(30)31)8-26-9-25-27(16(26)29)14-6-12(17(19,20)21)5-13(7-14)18(22,23)24/h2-7,9H,8H2,1H3. The summed E-state index contributed by atoms with van der Waals surface area (Å²) in [6.07, 6.45) is -9.19. The molecule has 31 heavy (non-hydrogen) atoms. The van der Waals surface area contributed by atoms with Gasteiger partial charge in [-0.15, -0.1) is 0 Å². The molecule has 0 saturated heterocycles. The fourth-order valence-corrected chi connectivity index (χ4v) is 2.90. The maximum atomic E-state index is 13.0. The Kier molecular flexibility index (Phi) is 5.38. The van der Waals surface area contributed by atoms with Crippen molar-refractivity contribution in [2.24, 2.45) is 0 Å². The molecular formula is C18H12F6N4O3. The third kappa shape index (κ3) is 4.59. The third-order valence-electron chi connectivity index (χ3n) is 4.36. The number of nitro groups is 1. The lowest BCUT2D eigenvalue weighted by Gasteiger charge is -2.13. The molecule has 3 aromatic rings. The SMILES string of the molecule is Cc1cc(Cn2cnn(-c3cc(C(F)(F)F)cc(C(F)(F)F)c3)c2=O)ccc1[N+](=O)[O-]. The molecule has 0 unspecified atom stereocenters. The maximum Gasteiger partial charge on any atom is 0.416 e. The monoisotopic (exact) mass is 446 g/mol. The van der Waals surface area contributed by atoms with Crippen LogP contribution in [0.3, 0.4) is 0 Å². The Hall–Kier alpha value is -3.64. The largest absolute Gasteiger partial charge is 0.416 e. The lowest BCUT2D eigenvalue weighted by Crippen LogP contribution is -2.25. The number of rotatable bonds is 4. The van der Waals surface area contributed by atoms with Gasteiger partial charge in [0, 0.05) is 11.6 Å². The molecule has 0 saturated carbocycles. The van der Waals surface area contributed by atoms with Crippen LogP contribution in [-0.4, -0.2) is 19.3 Å². The predicted octanol–water partition coefficient (Wildman–Crippen LogP) is 4.34. The van der Waals surface area contributed by atoms with E-state index in [1.807, 2.05) is 0 Å². The van der Waals surface area contributed by atoms with Crippen LogP contribution in [0.25, 0.3) is 5.69 Å². The minimum Gasteiger partial charge on any atom is -0.277 e. The number of aryl methyl sites for hydroxylation is 1. The highest BCUT2D eigenvalue weighted by Gasteiger charge is 2.37. The summed E-state index contributed by atoms with van der Waals surface area (Å²) in [5.74, 6) is 0. The van der Waals surface area contributed by atoms with Crippen molar-refractivity contribution in [2.75, 3.05) is 0 Å². The first-order chi connectivity index (χ1) is 14.3. The van der Waals surface area contributed by atoms with Crippen molar-refractivity contribution in [2.45, 2.75) is 25.8 Å². The second-order valence-corrected chi connectivity index (χ2v) is 6.60. The zero-order valence-corrected chi connectivity index (χ0v) is 15.5. The van der Waals surface area contributed by atoms with Crippen molar-refractivity contribution in [3.05, 3.63) is 85.6 Å². The Morgan fingerprint density at radius 3 is 2.06 bits per heavy atom. The molecule has 3 rings (SSSR count). The van der Waals surface area contributed by atoms with E-state index in [0.717, 1.165) is 10.9 Å². The van der Waals surface area contributed by atoms with Gasteiger partial charge in [-0.2, -0.15) is 36.1 Å². The first-order valence-corrected chi connectivity index (χ1v) is 8.45. The lowest BCUT2D eigenvalue weighted by atomic mass is 10.1. The predicted molar refractivity (Wildman–Crippen MR) is 94.8 cm³/mol. The highest BCUT2D eigenvalue weighted by atomic mass is 19.4. The van der Waals surface area contributed by atoms with Crippen molar-refractivity contribution < 1.29 is 31.3 Å². The van der Waals surface area contributed by atoms with Gasteiger partial charge in [0.05, 0.1) is 28.3 Å². The normalized spacial score (nSPS) is 12.2. The Balaban J connectivity index is 2.03. The summed E-state index contributed by atoms with van der Waals surface area (Å²) >= 11 is 0. The van der Waals surface area contributed by atoms with E-state index in [1.54, 1.807) is 0 Å². The zero-order valence-electron chi connectivity index (χ0n) is 15.5.